The molecule has 0 aromatic heterocycles. The quantitative estimate of drug-likeness (QED) is 0.614. The van der Waals surface area contributed by atoms with Gasteiger partial charge in [-0.15, -0.1) is 0 Å². The van der Waals surface area contributed by atoms with Crippen molar-refractivity contribution < 1.29 is 17.9 Å². The van der Waals surface area contributed by atoms with E-state index in [1.54, 1.807) is 0 Å². The van der Waals surface area contributed by atoms with Crippen LogP contribution in [0.1, 0.15) is 33.6 Å². The Morgan fingerprint density at radius 1 is 1.33 bits per heavy atom. The Bertz CT molecular complexity index is 647. The van der Waals surface area contributed by atoms with Crippen molar-refractivity contribution in [3.05, 3.63) is 23.2 Å². The summed E-state index contributed by atoms with van der Waals surface area (Å²) in [5.41, 5.74) is 0. The lowest BCUT2D eigenvalue weighted by Crippen LogP contribution is -2.31. The number of unbranched alkanes of at least 4 members (excludes halogenated alkanes) is 1. The molecule has 136 valence electrons. The van der Waals surface area contributed by atoms with Crippen molar-refractivity contribution in [1.29, 1.82) is 0 Å². The van der Waals surface area contributed by atoms with Gasteiger partial charge in [0, 0.05) is 13.1 Å². The first-order chi connectivity index (χ1) is 11.3. The van der Waals surface area contributed by atoms with Crippen LogP contribution >= 0.6 is 11.6 Å². The molecule has 0 atom stereocenters. The lowest BCUT2D eigenvalue weighted by molar-refractivity contribution is -0.123. The summed E-state index contributed by atoms with van der Waals surface area (Å²) in [6.45, 7) is 6.74. The highest BCUT2D eigenvalue weighted by Crippen LogP contribution is 2.27. The van der Waals surface area contributed by atoms with Gasteiger partial charge >= 0.3 is 0 Å². The number of nitrogens with one attached hydrogen (secondary N) is 2. The molecule has 0 aliphatic rings. The molecule has 0 aliphatic carbocycles. The van der Waals surface area contributed by atoms with Crippen LogP contribution < -0.4 is 14.8 Å². The number of hydrogen-bond donors (Lipinski definition) is 2. The van der Waals surface area contributed by atoms with E-state index in [2.05, 4.69) is 10.0 Å². The molecule has 0 saturated carbocycles. The van der Waals surface area contributed by atoms with Gasteiger partial charge in [0.25, 0.3) is 5.91 Å². The topological polar surface area (TPSA) is 84.5 Å². The van der Waals surface area contributed by atoms with Crippen LogP contribution in [0, 0.1) is 5.92 Å². The maximum atomic E-state index is 12.1. The first-order valence-corrected chi connectivity index (χ1v) is 9.81. The smallest absolute Gasteiger partial charge is 0.257 e. The van der Waals surface area contributed by atoms with Crippen LogP contribution in [-0.4, -0.2) is 34.0 Å². The highest BCUT2D eigenvalue weighted by molar-refractivity contribution is 7.89. The fourth-order valence-corrected chi connectivity index (χ4v) is 3.14. The molecule has 2 N–H and O–H groups in total. The van der Waals surface area contributed by atoms with E-state index in [0.29, 0.717) is 19.0 Å². The van der Waals surface area contributed by atoms with E-state index in [4.69, 9.17) is 16.3 Å². The van der Waals surface area contributed by atoms with Crippen molar-refractivity contribution >= 4 is 27.5 Å². The molecule has 0 bridgehead atoms. The fourth-order valence-electron chi connectivity index (χ4n) is 1.74. The first kappa shape index (κ1) is 20.7. The predicted octanol–water partition coefficient (Wildman–Crippen LogP) is 2.57. The molecule has 0 saturated heterocycles. The van der Waals surface area contributed by atoms with Gasteiger partial charge in [0.15, 0.2) is 6.61 Å². The summed E-state index contributed by atoms with van der Waals surface area (Å²) in [5.74, 6) is 0.365. The van der Waals surface area contributed by atoms with Crippen LogP contribution in [0.5, 0.6) is 5.75 Å². The van der Waals surface area contributed by atoms with Crippen LogP contribution in [0.2, 0.25) is 5.02 Å². The van der Waals surface area contributed by atoms with Crippen LogP contribution in [0.3, 0.4) is 0 Å². The van der Waals surface area contributed by atoms with Gasteiger partial charge in [0.2, 0.25) is 10.0 Å². The zero-order valence-corrected chi connectivity index (χ0v) is 15.8. The Hall–Kier alpha value is -1.31. The minimum atomic E-state index is -3.59. The molecule has 1 aromatic rings. The average molecular weight is 377 g/mol. The van der Waals surface area contributed by atoms with Gasteiger partial charge in [0.05, 0.1) is 9.92 Å². The number of sulfonamides is 1. The van der Waals surface area contributed by atoms with Gasteiger partial charge in [0.1, 0.15) is 5.75 Å². The summed E-state index contributed by atoms with van der Waals surface area (Å²) in [4.78, 5) is 11.7. The molecule has 1 amide bonds. The largest absolute Gasteiger partial charge is 0.482 e. The van der Waals surface area contributed by atoms with Crippen LogP contribution in [0.25, 0.3) is 0 Å². The number of ether oxygens (including phenoxy) is 1. The number of halogens is 1. The molecule has 0 radical (unpaired) electrons. The summed E-state index contributed by atoms with van der Waals surface area (Å²) in [5, 5.41) is 2.87. The van der Waals surface area contributed by atoms with Crippen molar-refractivity contribution in [3.8, 4) is 5.75 Å². The highest BCUT2D eigenvalue weighted by atomic mass is 35.5. The third-order valence-electron chi connectivity index (χ3n) is 3.10. The second-order valence-electron chi connectivity index (χ2n) is 5.83. The normalized spacial score (nSPS) is 11.5. The van der Waals surface area contributed by atoms with Crippen molar-refractivity contribution in [3.63, 3.8) is 0 Å². The van der Waals surface area contributed by atoms with Crippen LogP contribution in [0.15, 0.2) is 23.1 Å². The van der Waals surface area contributed by atoms with Crippen LogP contribution in [0.4, 0.5) is 0 Å². The van der Waals surface area contributed by atoms with E-state index in [1.807, 2.05) is 20.8 Å². The van der Waals surface area contributed by atoms with Gasteiger partial charge in [-0.25, -0.2) is 13.1 Å². The number of carbonyl (C=O) groups excluding carboxylic acids is 1. The monoisotopic (exact) mass is 376 g/mol. The Balaban J connectivity index is 2.66. The van der Waals surface area contributed by atoms with E-state index in [0.717, 1.165) is 12.8 Å². The average Bonchev–Trinajstić information content (AvgIpc) is 2.51. The van der Waals surface area contributed by atoms with Gasteiger partial charge in [-0.1, -0.05) is 38.8 Å². The zero-order chi connectivity index (χ0) is 18.2. The third kappa shape index (κ3) is 7.07. The minimum absolute atomic E-state index is 0.0696. The number of carbonyl (C=O) groups is 1. The van der Waals surface area contributed by atoms with Crippen LogP contribution in [-0.2, 0) is 14.8 Å². The van der Waals surface area contributed by atoms with E-state index in [1.165, 1.54) is 18.2 Å². The summed E-state index contributed by atoms with van der Waals surface area (Å²) in [7, 11) is -3.59. The number of amides is 1. The minimum Gasteiger partial charge on any atom is -0.482 e. The Kier molecular flexibility index (Phi) is 8.52. The standard InChI is InChI=1S/C16H25ClN2O4S/c1-4-5-8-19-24(21,22)13-6-7-15(14(17)9-13)23-11-16(20)18-10-12(2)3/h6-7,9,12,19H,4-5,8,10-11H2,1-3H3,(H,18,20). The Morgan fingerprint density at radius 3 is 2.62 bits per heavy atom. The number of hydrogen-bond acceptors (Lipinski definition) is 4. The van der Waals surface area contributed by atoms with Crippen molar-refractivity contribution in [2.24, 2.45) is 5.92 Å². The molecule has 0 spiro atoms. The molecule has 0 heterocycles. The molecule has 8 heteroatoms. The predicted molar refractivity (Wildman–Crippen MR) is 94.9 cm³/mol. The van der Waals surface area contributed by atoms with E-state index in [9.17, 15) is 13.2 Å². The molecule has 6 nitrogen and oxygen atoms in total. The molecule has 0 aliphatic heterocycles. The first-order valence-electron chi connectivity index (χ1n) is 7.95. The lowest BCUT2D eigenvalue weighted by atomic mass is 10.2. The Morgan fingerprint density at radius 2 is 2.04 bits per heavy atom. The molecule has 24 heavy (non-hydrogen) atoms. The molecular formula is C16H25ClN2O4S. The van der Waals surface area contributed by atoms with Crippen molar-refractivity contribution in [2.75, 3.05) is 19.7 Å². The van der Waals surface area contributed by atoms with Crippen molar-refractivity contribution in [2.45, 2.75) is 38.5 Å². The molecule has 0 unspecified atom stereocenters. The summed E-state index contributed by atoms with van der Waals surface area (Å²) in [6.07, 6.45) is 1.66. The maximum absolute atomic E-state index is 12.1. The van der Waals surface area contributed by atoms with E-state index >= 15 is 0 Å². The molecule has 0 fully saturated rings. The second kappa shape index (κ2) is 9.86. The molecular weight excluding hydrogens is 352 g/mol. The summed E-state index contributed by atoms with van der Waals surface area (Å²) in [6, 6.07) is 4.17. The summed E-state index contributed by atoms with van der Waals surface area (Å²) < 4.78 is 32.1. The second-order valence-corrected chi connectivity index (χ2v) is 8.00. The lowest BCUT2D eigenvalue weighted by Gasteiger charge is -2.11. The van der Waals surface area contributed by atoms with Gasteiger partial charge < -0.3 is 10.1 Å². The van der Waals surface area contributed by atoms with E-state index in [-0.39, 0.29) is 28.2 Å². The van der Waals surface area contributed by atoms with Crippen molar-refractivity contribution in [1.82, 2.24) is 10.0 Å². The highest BCUT2D eigenvalue weighted by Gasteiger charge is 2.16. The summed E-state index contributed by atoms with van der Waals surface area (Å²) >= 11 is 6.06. The Labute approximate surface area is 149 Å². The molecule has 1 rings (SSSR count). The van der Waals surface area contributed by atoms with E-state index < -0.39 is 10.0 Å². The number of rotatable bonds is 10. The van der Waals surface area contributed by atoms with Gasteiger partial charge in [-0.05, 0) is 30.5 Å². The third-order valence-corrected chi connectivity index (χ3v) is 4.86. The maximum Gasteiger partial charge on any atom is 0.257 e. The van der Waals surface area contributed by atoms with Gasteiger partial charge in [-0.2, -0.15) is 0 Å². The SMILES string of the molecule is CCCCNS(=O)(=O)c1ccc(OCC(=O)NCC(C)C)c(Cl)c1. The fraction of sp³-hybridized carbons (Fsp3) is 0.562. The zero-order valence-electron chi connectivity index (χ0n) is 14.3. The van der Waals surface area contributed by atoms with Gasteiger partial charge in [-0.3, -0.25) is 4.79 Å². The number of benzene rings is 1. The molecule has 1 aromatic carbocycles.